The van der Waals surface area contributed by atoms with Crippen LogP contribution < -0.4 is 5.32 Å². The molecule has 5 heteroatoms. The molecule has 0 bridgehead atoms. The van der Waals surface area contributed by atoms with Crippen LogP contribution in [-0.2, 0) is 11.2 Å². The first-order chi connectivity index (χ1) is 9.06. The number of benzene rings is 1. The molecule has 1 heterocycles. The van der Waals surface area contributed by atoms with Gasteiger partial charge in [0.05, 0.1) is 0 Å². The second kappa shape index (κ2) is 6.10. The fourth-order valence-corrected chi connectivity index (χ4v) is 2.28. The maximum Gasteiger partial charge on any atom is 0.222 e. The average molecular weight is 268 g/mol. The highest BCUT2D eigenvalue weighted by Crippen LogP contribution is 2.12. The molecule has 104 valence electrons. The average Bonchev–Trinajstić information content (AvgIpc) is 2.37. The molecule has 1 aliphatic heterocycles. The number of nitrogens with one attached hydrogen (secondary N) is 1. The predicted octanol–water partition coefficient (Wildman–Crippen LogP) is 1.72. The molecular weight excluding hydrogens is 250 g/mol. The Morgan fingerprint density at radius 1 is 1.47 bits per heavy atom. The Balaban J connectivity index is 1.89. The maximum absolute atomic E-state index is 13.4. The molecule has 1 fully saturated rings. The van der Waals surface area contributed by atoms with Gasteiger partial charge in [0.2, 0.25) is 5.91 Å². The Labute approximate surface area is 111 Å². The zero-order valence-electron chi connectivity index (χ0n) is 11.0. The Morgan fingerprint density at radius 3 is 2.95 bits per heavy atom. The number of piperazine rings is 1. The summed E-state index contributed by atoms with van der Waals surface area (Å²) in [5.41, 5.74) is 0.387. The molecule has 0 aromatic heterocycles. The van der Waals surface area contributed by atoms with E-state index < -0.39 is 11.6 Å². The summed E-state index contributed by atoms with van der Waals surface area (Å²) in [5.74, 6) is -1.15. The summed E-state index contributed by atoms with van der Waals surface area (Å²) in [4.78, 5) is 13.8. The molecule has 19 heavy (non-hydrogen) atoms. The fraction of sp³-hybridized carbons (Fsp3) is 0.500. The van der Waals surface area contributed by atoms with Crippen LogP contribution in [0, 0.1) is 11.6 Å². The van der Waals surface area contributed by atoms with E-state index in [0.29, 0.717) is 31.1 Å². The Bertz CT molecular complexity index is 465. The van der Waals surface area contributed by atoms with Crippen molar-refractivity contribution in [3.63, 3.8) is 0 Å². The monoisotopic (exact) mass is 268 g/mol. The number of aryl methyl sites for hydroxylation is 1. The first kappa shape index (κ1) is 13.9. The van der Waals surface area contributed by atoms with Crippen molar-refractivity contribution in [3.05, 3.63) is 35.4 Å². The van der Waals surface area contributed by atoms with Gasteiger partial charge in [-0.05, 0) is 25.0 Å². The molecule has 1 amide bonds. The topological polar surface area (TPSA) is 32.3 Å². The Kier molecular flexibility index (Phi) is 4.47. The molecule has 0 saturated carbocycles. The van der Waals surface area contributed by atoms with Crippen molar-refractivity contribution < 1.29 is 13.6 Å². The zero-order chi connectivity index (χ0) is 13.8. The third kappa shape index (κ3) is 3.73. The summed E-state index contributed by atoms with van der Waals surface area (Å²) in [6.07, 6.45) is 0.568. The van der Waals surface area contributed by atoms with Crippen LogP contribution in [0.25, 0.3) is 0 Å². The van der Waals surface area contributed by atoms with Gasteiger partial charge in [-0.2, -0.15) is 0 Å². The van der Waals surface area contributed by atoms with E-state index in [-0.39, 0.29) is 12.3 Å². The van der Waals surface area contributed by atoms with Crippen LogP contribution in [0.5, 0.6) is 0 Å². The first-order valence-electron chi connectivity index (χ1n) is 6.51. The van der Waals surface area contributed by atoms with Crippen molar-refractivity contribution in [2.24, 2.45) is 0 Å². The molecule has 0 radical (unpaired) electrons. The second-order valence-corrected chi connectivity index (χ2v) is 4.93. The number of amides is 1. The van der Waals surface area contributed by atoms with Gasteiger partial charge >= 0.3 is 0 Å². The van der Waals surface area contributed by atoms with Crippen LogP contribution >= 0.6 is 0 Å². The van der Waals surface area contributed by atoms with Crippen LogP contribution in [0.15, 0.2) is 18.2 Å². The summed E-state index contributed by atoms with van der Waals surface area (Å²) in [5, 5.41) is 3.26. The lowest BCUT2D eigenvalue weighted by Crippen LogP contribution is -2.51. The maximum atomic E-state index is 13.4. The number of nitrogens with zero attached hydrogens (tertiary/aromatic N) is 1. The van der Waals surface area contributed by atoms with Crippen LogP contribution in [0.4, 0.5) is 8.78 Å². The molecule has 1 N–H and O–H groups in total. The zero-order valence-corrected chi connectivity index (χ0v) is 11.0. The van der Waals surface area contributed by atoms with E-state index in [2.05, 4.69) is 5.32 Å². The summed E-state index contributed by atoms with van der Waals surface area (Å²) < 4.78 is 26.2. The van der Waals surface area contributed by atoms with Crippen LogP contribution in [-0.4, -0.2) is 36.5 Å². The van der Waals surface area contributed by atoms with Gasteiger partial charge in [-0.25, -0.2) is 8.78 Å². The normalized spacial score (nSPS) is 19.5. The van der Waals surface area contributed by atoms with Gasteiger partial charge in [-0.3, -0.25) is 4.79 Å². The van der Waals surface area contributed by atoms with Crippen LogP contribution in [0.1, 0.15) is 18.9 Å². The van der Waals surface area contributed by atoms with Gasteiger partial charge < -0.3 is 10.2 Å². The van der Waals surface area contributed by atoms with Crippen molar-refractivity contribution in [2.75, 3.05) is 19.6 Å². The number of hydrogen-bond donors (Lipinski definition) is 1. The van der Waals surface area contributed by atoms with E-state index in [1.54, 1.807) is 4.90 Å². The third-order valence-electron chi connectivity index (χ3n) is 3.34. The van der Waals surface area contributed by atoms with Crippen molar-refractivity contribution in [3.8, 4) is 0 Å². The largest absolute Gasteiger partial charge is 0.340 e. The van der Waals surface area contributed by atoms with E-state index in [9.17, 15) is 13.6 Å². The molecule has 1 saturated heterocycles. The first-order valence-corrected chi connectivity index (χ1v) is 6.51. The van der Waals surface area contributed by atoms with E-state index >= 15 is 0 Å². The minimum Gasteiger partial charge on any atom is -0.340 e. The molecule has 0 aliphatic carbocycles. The number of carbonyl (C=O) groups is 1. The molecule has 0 spiro atoms. The second-order valence-electron chi connectivity index (χ2n) is 4.93. The summed E-state index contributed by atoms with van der Waals surface area (Å²) in [6.45, 7) is 4.19. The van der Waals surface area contributed by atoms with E-state index in [0.717, 1.165) is 12.6 Å². The van der Waals surface area contributed by atoms with Crippen molar-refractivity contribution in [1.82, 2.24) is 10.2 Å². The molecule has 3 nitrogen and oxygen atoms in total. The van der Waals surface area contributed by atoms with Crippen molar-refractivity contribution >= 4 is 5.91 Å². The lowest BCUT2D eigenvalue weighted by atomic mass is 10.1. The highest BCUT2D eigenvalue weighted by Gasteiger charge is 2.20. The van der Waals surface area contributed by atoms with Gasteiger partial charge in [0, 0.05) is 38.2 Å². The van der Waals surface area contributed by atoms with Crippen molar-refractivity contribution in [1.29, 1.82) is 0 Å². The molecular formula is C14H18F2N2O. The summed E-state index contributed by atoms with van der Waals surface area (Å²) >= 11 is 0. The van der Waals surface area contributed by atoms with E-state index in [1.165, 1.54) is 12.1 Å². The molecule has 1 aromatic rings. The smallest absolute Gasteiger partial charge is 0.222 e. The quantitative estimate of drug-likeness (QED) is 0.905. The van der Waals surface area contributed by atoms with Crippen LogP contribution in [0.3, 0.4) is 0 Å². The minimum absolute atomic E-state index is 0.0251. The van der Waals surface area contributed by atoms with Gasteiger partial charge in [-0.15, -0.1) is 0 Å². The molecule has 1 unspecified atom stereocenters. The SMILES string of the molecule is CC1CN(C(=O)CCc2ccc(F)cc2F)CCN1. The predicted molar refractivity (Wildman–Crippen MR) is 68.7 cm³/mol. The van der Waals surface area contributed by atoms with E-state index in [4.69, 9.17) is 0 Å². The van der Waals surface area contributed by atoms with Crippen LogP contribution in [0.2, 0.25) is 0 Å². The Hall–Kier alpha value is -1.49. The summed E-state index contributed by atoms with van der Waals surface area (Å²) in [6, 6.07) is 3.76. The van der Waals surface area contributed by atoms with E-state index in [1.807, 2.05) is 6.92 Å². The van der Waals surface area contributed by atoms with Gasteiger partial charge in [0.15, 0.2) is 0 Å². The standard InChI is InChI=1S/C14H18F2N2O/c1-10-9-18(7-6-17-10)14(19)5-3-11-2-4-12(15)8-13(11)16/h2,4,8,10,17H,3,5-7,9H2,1H3. The van der Waals surface area contributed by atoms with Gasteiger partial charge in [0.1, 0.15) is 11.6 Å². The van der Waals surface area contributed by atoms with Crippen molar-refractivity contribution in [2.45, 2.75) is 25.8 Å². The third-order valence-corrected chi connectivity index (χ3v) is 3.34. The van der Waals surface area contributed by atoms with Gasteiger partial charge in [0.25, 0.3) is 0 Å². The molecule has 2 rings (SSSR count). The lowest BCUT2D eigenvalue weighted by molar-refractivity contribution is -0.132. The minimum atomic E-state index is -0.594. The molecule has 1 aromatic carbocycles. The molecule has 1 aliphatic rings. The number of hydrogen-bond acceptors (Lipinski definition) is 2. The fourth-order valence-electron chi connectivity index (χ4n) is 2.28. The Morgan fingerprint density at radius 2 is 2.26 bits per heavy atom. The highest BCUT2D eigenvalue weighted by atomic mass is 19.1. The number of halogens is 2. The highest BCUT2D eigenvalue weighted by molar-refractivity contribution is 5.76. The summed E-state index contributed by atoms with van der Waals surface area (Å²) in [7, 11) is 0. The van der Waals surface area contributed by atoms with Gasteiger partial charge in [-0.1, -0.05) is 6.07 Å². The number of rotatable bonds is 3. The lowest BCUT2D eigenvalue weighted by Gasteiger charge is -2.32. The number of carbonyl (C=O) groups excluding carboxylic acids is 1. The molecule has 1 atom stereocenters.